The van der Waals surface area contributed by atoms with Crippen molar-refractivity contribution in [3.8, 4) is 6.07 Å². The Kier molecular flexibility index (Phi) is 2.80. The minimum Gasteiger partial charge on any atom is -0.306 e. The lowest BCUT2D eigenvalue weighted by Crippen LogP contribution is -2.29. The van der Waals surface area contributed by atoms with Gasteiger partial charge in [-0.2, -0.15) is 5.26 Å². The fourth-order valence-electron chi connectivity index (χ4n) is 1.83. The molecule has 1 fully saturated rings. The zero-order valence-corrected chi connectivity index (χ0v) is 9.05. The van der Waals surface area contributed by atoms with Crippen molar-refractivity contribution in [2.45, 2.75) is 18.8 Å². The third kappa shape index (κ3) is 1.94. The van der Waals surface area contributed by atoms with Crippen LogP contribution >= 0.6 is 11.3 Å². The van der Waals surface area contributed by atoms with Crippen molar-refractivity contribution < 1.29 is 0 Å². The van der Waals surface area contributed by atoms with E-state index in [2.05, 4.69) is 23.0 Å². The van der Waals surface area contributed by atoms with Gasteiger partial charge in [-0.3, -0.25) is 0 Å². The van der Waals surface area contributed by atoms with Crippen molar-refractivity contribution in [2.75, 3.05) is 20.1 Å². The Morgan fingerprint density at radius 1 is 1.57 bits per heavy atom. The van der Waals surface area contributed by atoms with Crippen molar-refractivity contribution >= 4 is 11.3 Å². The molecule has 0 N–H and O–H groups in total. The van der Waals surface area contributed by atoms with Crippen molar-refractivity contribution in [1.29, 1.82) is 5.26 Å². The topological polar surface area (TPSA) is 39.9 Å². The molecule has 1 aromatic rings. The van der Waals surface area contributed by atoms with Crippen LogP contribution < -0.4 is 0 Å². The summed E-state index contributed by atoms with van der Waals surface area (Å²) in [6, 6.07) is 2.09. The molecule has 0 radical (unpaired) electrons. The van der Waals surface area contributed by atoms with Crippen molar-refractivity contribution in [2.24, 2.45) is 0 Å². The van der Waals surface area contributed by atoms with Gasteiger partial charge >= 0.3 is 0 Å². The smallest absolute Gasteiger partial charge is 0.194 e. The van der Waals surface area contributed by atoms with Gasteiger partial charge in [0.2, 0.25) is 0 Å². The molecule has 4 heteroatoms. The lowest BCUT2D eigenvalue weighted by Gasteiger charge is -2.27. The van der Waals surface area contributed by atoms with Gasteiger partial charge in [-0.1, -0.05) is 0 Å². The van der Waals surface area contributed by atoms with E-state index in [4.69, 9.17) is 5.26 Å². The first kappa shape index (κ1) is 9.63. The van der Waals surface area contributed by atoms with E-state index in [9.17, 15) is 0 Å². The van der Waals surface area contributed by atoms with Crippen molar-refractivity contribution in [3.63, 3.8) is 0 Å². The fraction of sp³-hybridized carbons (Fsp3) is 0.600. The van der Waals surface area contributed by atoms with Crippen LogP contribution in [0.5, 0.6) is 0 Å². The molecule has 0 spiro atoms. The van der Waals surface area contributed by atoms with Crippen molar-refractivity contribution in [3.05, 3.63) is 16.1 Å². The van der Waals surface area contributed by atoms with Gasteiger partial charge in [-0.25, -0.2) is 4.98 Å². The van der Waals surface area contributed by atoms with Crippen LogP contribution in [-0.4, -0.2) is 30.0 Å². The molecule has 0 amide bonds. The minimum atomic E-state index is 0.574. The number of piperidine rings is 1. The summed E-state index contributed by atoms with van der Waals surface area (Å²) in [4.78, 5) is 6.66. The second kappa shape index (κ2) is 4.07. The van der Waals surface area contributed by atoms with Crippen molar-refractivity contribution in [1.82, 2.24) is 9.88 Å². The highest BCUT2D eigenvalue weighted by molar-refractivity contribution is 7.10. The van der Waals surface area contributed by atoms with E-state index in [0.29, 0.717) is 10.9 Å². The molecule has 14 heavy (non-hydrogen) atoms. The third-order valence-electron chi connectivity index (χ3n) is 2.75. The zero-order valence-electron chi connectivity index (χ0n) is 8.23. The molecule has 1 aliphatic rings. The Hall–Kier alpha value is -0.920. The molecule has 0 unspecified atom stereocenters. The zero-order chi connectivity index (χ0) is 9.97. The molecule has 0 atom stereocenters. The van der Waals surface area contributed by atoms with Gasteiger partial charge in [-0.15, -0.1) is 11.3 Å². The fourth-order valence-corrected chi connectivity index (χ4v) is 2.52. The summed E-state index contributed by atoms with van der Waals surface area (Å²) < 4.78 is 0. The molecule has 0 saturated carbocycles. The molecule has 1 aromatic heterocycles. The second-order valence-electron chi connectivity index (χ2n) is 3.77. The average Bonchev–Trinajstić information content (AvgIpc) is 2.67. The number of hydrogen-bond donors (Lipinski definition) is 0. The predicted molar refractivity (Wildman–Crippen MR) is 56.3 cm³/mol. The Bertz CT molecular complexity index is 344. The van der Waals surface area contributed by atoms with Crippen LogP contribution in [0.15, 0.2) is 5.38 Å². The van der Waals surface area contributed by atoms with Crippen LogP contribution in [0.1, 0.15) is 29.5 Å². The number of rotatable bonds is 1. The van der Waals surface area contributed by atoms with Crippen LogP contribution in [0.3, 0.4) is 0 Å². The first-order valence-electron chi connectivity index (χ1n) is 4.83. The Morgan fingerprint density at radius 2 is 2.29 bits per heavy atom. The van der Waals surface area contributed by atoms with Gasteiger partial charge in [-0.05, 0) is 33.0 Å². The summed E-state index contributed by atoms with van der Waals surface area (Å²) >= 11 is 1.46. The van der Waals surface area contributed by atoms with Crippen LogP contribution in [-0.2, 0) is 0 Å². The normalized spacial score (nSPS) is 19.4. The first-order valence-corrected chi connectivity index (χ1v) is 5.71. The van der Waals surface area contributed by atoms with Gasteiger partial charge in [0, 0.05) is 11.3 Å². The maximum absolute atomic E-state index is 8.68. The highest BCUT2D eigenvalue weighted by atomic mass is 32.1. The van der Waals surface area contributed by atoms with Gasteiger partial charge < -0.3 is 4.90 Å². The molecule has 74 valence electrons. The molecule has 0 bridgehead atoms. The number of nitrogens with zero attached hydrogens (tertiary/aromatic N) is 3. The molecule has 3 nitrogen and oxygen atoms in total. The molecule has 2 heterocycles. The number of nitriles is 1. The molecule has 1 aliphatic heterocycles. The average molecular weight is 207 g/mol. The lowest BCUT2D eigenvalue weighted by molar-refractivity contribution is 0.253. The van der Waals surface area contributed by atoms with E-state index in [1.54, 1.807) is 0 Å². The lowest BCUT2D eigenvalue weighted by atomic mass is 9.95. The summed E-state index contributed by atoms with van der Waals surface area (Å²) in [5.41, 5.74) is 1.12. The minimum absolute atomic E-state index is 0.574. The number of hydrogen-bond acceptors (Lipinski definition) is 4. The van der Waals surface area contributed by atoms with Gasteiger partial charge in [0.15, 0.2) is 5.01 Å². The van der Waals surface area contributed by atoms with E-state index < -0.39 is 0 Å². The Morgan fingerprint density at radius 3 is 2.86 bits per heavy atom. The SMILES string of the molecule is CN1CCC(c2csc(C#N)n2)CC1. The quantitative estimate of drug-likeness (QED) is 0.705. The monoisotopic (exact) mass is 207 g/mol. The van der Waals surface area contributed by atoms with Crippen LogP contribution in [0.25, 0.3) is 0 Å². The van der Waals surface area contributed by atoms with E-state index in [0.717, 1.165) is 18.8 Å². The third-order valence-corrected chi connectivity index (χ3v) is 3.52. The summed E-state index contributed by atoms with van der Waals surface area (Å²) in [6.07, 6.45) is 2.34. The van der Waals surface area contributed by atoms with E-state index in [-0.39, 0.29) is 0 Å². The molecule has 2 rings (SSSR count). The molecular weight excluding hydrogens is 194 g/mol. The second-order valence-corrected chi connectivity index (χ2v) is 4.62. The highest BCUT2D eigenvalue weighted by Gasteiger charge is 2.20. The van der Waals surface area contributed by atoms with Gasteiger partial charge in [0.1, 0.15) is 6.07 Å². The van der Waals surface area contributed by atoms with E-state index >= 15 is 0 Å². The largest absolute Gasteiger partial charge is 0.306 e. The van der Waals surface area contributed by atoms with Crippen LogP contribution in [0.2, 0.25) is 0 Å². The summed E-state index contributed by atoms with van der Waals surface area (Å²) in [7, 11) is 2.15. The summed E-state index contributed by atoms with van der Waals surface area (Å²) in [6.45, 7) is 2.29. The Balaban J connectivity index is 2.05. The maximum atomic E-state index is 8.68. The highest BCUT2D eigenvalue weighted by Crippen LogP contribution is 2.27. The molecule has 1 saturated heterocycles. The standard InChI is InChI=1S/C10H13N3S/c1-13-4-2-8(3-5-13)9-7-14-10(6-11)12-9/h7-8H,2-5H2,1H3. The van der Waals surface area contributed by atoms with Crippen LogP contribution in [0, 0.1) is 11.3 Å². The van der Waals surface area contributed by atoms with Gasteiger partial charge in [0.25, 0.3) is 0 Å². The van der Waals surface area contributed by atoms with E-state index in [1.807, 2.05) is 5.38 Å². The van der Waals surface area contributed by atoms with Crippen LogP contribution in [0.4, 0.5) is 0 Å². The summed E-state index contributed by atoms with van der Waals surface area (Å²) in [5, 5.41) is 11.3. The first-order chi connectivity index (χ1) is 6.79. The summed E-state index contributed by atoms with van der Waals surface area (Å²) in [5.74, 6) is 0.574. The number of thiazole rings is 1. The Labute approximate surface area is 88.0 Å². The number of likely N-dealkylation sites (tertiary alicyclic amines) is 1. The van der Waals surface area contributed by atoms with E-state index in [1.165, 1.54) is 24.2 Å². The predicted octanol–water partition coefficient (Wildman–Crippen LogP) is 1.82. The molecular formula is C10H13N3S. The van der Waals surface area contributed by atoms with Gasteiger partial charge in [0.05, 0.1) is 5.69 Å². The molecule has 0 aliphatic carbocycles. The number of aromatic nitrogens is 1. The molecule has 0 aromatic carbocycles. The maximum Gasteiger partial charge on any atom is 0.194 e.